The van der Waals surface area contributed by atoms with E-state index in [1.165, 1.54) is 19.3 Å². The fourth-order valence-electron chi connectivity index (χ4n) is 11.6. The van der Waals surface area contributed by atoms with Gasteiger partial charge in [0.15, 0.2) is 12.0 Å². The molecule has 0 aromatic rings. The van der Waals surface area contributed by atoms with Gasteiger partial charge in [0, 0.05) is 31.1 Å². The van der Waals surface area contributed by atoms with Crippen LogP contribution in [0.5, 0.6) is 0 Å². The Kier molecular flexibility index (Phi) is 19.6. The van der Waals surface area contributed by atoms with Crippen LogP contribution >= 0.6 is 0 Å². The standard InChI is InChI=1S/C17H21NO6.C16H26O4.C14H26O2.C12H24O2/c1-4-16(2,3)14(20)22-7-11(19)23-12-9-5-10-13(12)24-15(21)17(10,6-9)8-18;1-4-13(2,3)12(17)20-16-7-11-5-14(18,9-16)8-15(19,6-11)10-16;1-5-13(3,4)12(15)16-14(6-2)10-8-7-9-11-14;1-8-11(4,5)10(13)14-12(6,7)9(2)3/h9-10,12-13H,4-7H2,1-3H3;11,18-19H,4-10H2,1-3H3;5-11H2,1-4H3;9H,8H2,1-7H3. The lowest BCUT2D eigenvalue weighted by atomic mass is 9.50. The first-order valence-corrected chi connectivity index (χ1v) is 28.1. The molecule has 15 heteroatoms. The Labute approximate surface area is 444 Å². The average Bonchev–Trinajstić information content (AvgIpc) is 3.92. The largest absolute Gasteiger partial charge is 0.459 e. The van der Waals surface area contributed by atoms with E-state index in [4.69, 9.17) is 28.4 Å². The molecule has 7 atom stereocenters. The number of rotatable bonds is 16. The van der Waals surface area contributed by atoms with Crippen LogP contribution in [0.25, 0.3) is 0 Å². The highest BCUT2D eigenvalue weighted by molar-refractivity contribution is 5.85. The van der Waals surface area contributed by atoms with Crippen LogP contribution in [0, 0.1) is 62.1 Å². The Morgan fingerprint density at radius 3 is 1.64 bits per heavy atom. The lowest BCUT2D eigenvalue weighted by Gasteiger charge is -2.62. The molecular formula is C59H97NO14. The molecule has 0 radical (unpaired) electrons. The minimum absolute atomic E-state index is 0.0150. The van der Waals surface area contributed by atoms with E-state index in [0.717, 1.165) is 57.8 Å². The van der Waals surface area contributed by atoms with Gasteiger partial charge in [0.1, 0.15) is 29.0 Å². The highest BCUT2D eigenvalue weighted by Gasteiger charge is 2.72. The second-order valence-electron chi connectivity index (χ2n) is 26.9. The SMILES string of the molecule is CCC(C)(C)C(=O)OC(C)(C)C(C)C.CCC(C)(C)C(=O)OC12CC3CC(O)(CC(O)(C3)C1)C2.CCC(C)(C)C(=O)OCC(=O)OC1C2CC3C1OC(=O)C3(C#N)C2.CCC1(OC(=O)C(C)(C)CC)CCCCC1. The van der Waals surface area contributed by atoms with Gasteiger partial charge in [-0.3, -0.25) is 24.0 Å². The molecule has 7 unspecified atom stereocenters. The van der Waals surface area contributed by atoms with E-state index >= 15 is 0 Å². The summed E-state index contributed by atoms with van der Waals surface area (Å²) in [6.45, 7) is 32.7. The zero-order valence-electron chi connectivity index (χ0n) is 48.6. The van der Waals surface area contributed by atoms with Gasteiger partial charge in [0.05, 0.1) is 38.9 Å². The molecule has 15 nitrogen and oxygen atoms in total. The van der Waals surface area contributed by atoms with Gasteiger partial charge in [-0.25, -0.2) is 4.79 Å². The van der Waals surface area contributed by atoms with E-state index in [2.05, 4.69) is 26.8 Å². The minimum atomic E-state index is -1.06. The first-order chi connectivity index (χ1) is 33.9. The summed E-state index contributed by atoms with van der Waals surface area (Å²) in [5.74, 6) is -1.58. The molecule has 1 aliphatic heterocycles. The van der Waals surface area contributed by atoms with Gasteiger partial charge in [0.25, 0.3) is 0 Å². The van der Waals surface area contributed by atoms with E-state index in [0.29, 0.717) is 44.4 Å². The van der Waals surface area contributed by atoms with Crippen molar-refractivity contribution in [1.82, 2.24) is 0 Å². The molecule has 7 aliphatic carbocycles. The summed E-state index contributed by atoms with van der Waals surface area (Å²) in [5, 5.41) is 30.6. The topological polar surface area (TPSA) is 222 Å². The van der Waals surface area contributed by atoms with Gasteiger partial charge < -0.3 is 38.6 Å². The van der Waals surface area contributed by atoms with Crippen molar-refractivity contribution in [2.45, 2.75) is 273 Å². The Morgan fingerprint density at radius 2 is 1.18 bits per heavy atom. The molecule has 0 amide bonds. The number of aliphatic hydroxyl groups is 2. The smallest absolute Gasteiger partial charge is 0.344 e. The van der Waals surface area contributed by atoms with Crippen molar-refractivity contribution in [3.8, 4) is 6.07 Å². The van der Waals surface area contributed by atoms with E-state index in [1.807, 2.05) is 83.1 Å². The first-order valence-electron chi connectivity index (χ1n) is 28.1. The number of ether oxygens (including phenoxy) is 6. The fraction of sp³-hybridized carbons (Fsp3) is 0.881. The number of fused-ring (bicyclic) bond motifs is 1. The predicted molar refractivity (Wildman–Crippen MR) is 278 cm³/mol. The number of hydrogen-bond acceptors (Lipinski definition) is 15. The molecule has 1 heterocycles. The lowest BCUT2D eigenvalue weighted by Crippen LogP contribution is -2.67. The summed E-state index contributed by atoms with van der Waals surface area (Å²) >= 11 is 0. The molecule has 0 spiro atoms. The number of nitriles is 1. The highest BCUT2D eigenvalue weighted by Crippen LogP contribution is 2.63. The summed E-state index contributed by atoms with van der Waals surface area (Å²) in [7, 11) is 0. The third-order valence-electron chi connectivity index (χ3n) is 18.8. The molecule has 8 fully saturated rings. The fourth-order valence-corrected chi connectivity index (χ4v) is 11.6. The molecule has 8 rings (SSSR count). The summed E-state index contributed by atoms with van der Waals surface area (Å²) in [4.78, 5) is 72.2. The molecule has 0 aromatic carbocycles. The van der Waals surface area contributed by atoms with E-state index in [-0.39, 0.29) is 57.7 Å². The molecular weight excluding hydrogens is 947 g/mol. The summed E-state index contributed by atoms with van der Waals surface area (Å²) in [6, 6.07) is 2.10. The first kappa shape index (κ1) is 62.8. The zero-order valence-corrected chi connectivity index (χ0v) is 48.6. The van der Waals surface area contributed by atoms with Gasteiger partial charge in [-0.15, -0.1) is 0 Å². The number of carbonyl (C=O) groups excluding carboxylic acids is 6. The third-order valence-corrected chi connectivity index (χ3v) is 18.8. The van der Waals surface area contributed by atoms with Crippen LogP contribution in [0.3, 0.4) is 0 Å². The molecule has 7 saturated carbocycles. The second-order valence-corrected chi connectivity index (χ2v) is 26.9. The van der Waals surface area contributed by atoms with E-state index < -0.39 is 69.8 Å². The Bertz CT molecular complexity index is 2060. The highest BCUT2D eigenvalue weighted by atomic mass is 16.6. The second kappa shape index (κ2) is 23.1. The van der Waals surface area contributed by atoms with Gasteiger partial charge in [0.2, 0.25) is 0 Å². The predicted octanol–water partition coefficient (Wildman–Crippen LogP) is 11.0. The van der Waals surface area contributed by atoms with Crippen LogP contribution in [0.2, 0.25) is 0 Å². The van der Waals surface area contributed by atoms with E-state index in [9.17, 15) is 44.2 Å². The maximum absolute atomic E-state index is 12.4. The van der Waals surface area contributed by atoms with Crippen LogP contribution in [0.4, 0.5) is 0 Å². The lowest BCUT2D eigenvalue weighted by molar-refractivity contribution is -0.264. The number of carbonyl (C=O) groups is 6. The summed E-state index contributed by atoms with van der Waals surface area (Å²) in [5.41, 5.74) is -5.77. The van der Waals surface area contributed by atoms with Crippen molar-refractivity contribution in [1.29, 1.82) is 5.26 Å². The zero-order chi connectivity index (χ0) is 56.3. The van der Waals surface area contributed by atoms with Crippen LogP contribution in [-0.4, -0.2) is 92.8 Å². The van der Waals surface area contributed by atoms with Crippen molar-refractivity contribution in [2.24, 2.45) is 50.7 Å². The Hall–Kier alpha value is -3.77. The maximum Gasteiger partial charge on any atom is 0.344 e. The van der Waals surface area contributed by atoms with Crippen molar-refractivity contribution in [3.05, 3.63) is 0 Å². The molecule has 1 saturated heterocycles. The monoisotopic (exact) mass is 1040 g/mol. The molecule has 0 aromatic heterocycles. The van der Waals surface area contributed by atoms with E-state index in [1.54, 1.807) is 13.8 Å². The molecule has 422 valence electrons. The van der Waals surface area contributed by atoms with Crippen LogP contribution in [0.1, 0.15) is 233 Å². The van der Waals surface area contributed by atoms with Crippen LogP contribution in [-0.2, 0) is 57.2 Å². The van der Waals surface area contributed by atoms with Crippen LogP contribution in [0.15, 0.2) is 0 Å². The molecule has 6 bridgehead atoms. The van der Waals surface area contributed by atoms with Crippen molar-refractivity contribution < 1.29 is 67.4 Å². The number of esters is 6. The summed E-state index contributed by atoms with van der Waals surface area (Å²) < 4.78 is 33.0. The number of hydrogen-bond donors (Lipinski definition) is 2. The third kappa shape index (κ3) is 14.0. The van der Waals surface area contributed by atoms with Gasteiger partial charge in [-0.1, -0.05) is 54.9 Å². The normalized spacial score (nSPS) is 31.2. The molecule has 2 N–H and O–H groups in total. The van der Waals surface area contributed by atoms with Gasteiger partial charge in [-0.05, 0) is 171 Å². The summed E-state index contributed by atoms with van der Waals surface area (Å²) in [6.07, 6.45) is 13.3. The minimum Gasteiger partial charge on any atom is -0.459 e. The molecule has 74 heavy (non-hydrogen) atoms. The van der Waals surface area contributed by atoms with Gasteiger partial charge >= 0.3 is 35.8 Å². The van der Waals surface area contributed by atoms with Crippen LogP contribution < -0.4 is 0 Å². The van der Waals surface area contributed by atoms with Crippen molar-refractivity contribution >= 4 is 35.8 Å². The maximum atomic E-state index is 12.4. The number of nitrogens with zero attached hydrogens (tertiary/aromatic N) is 1. The molecule has 8 aliphatic rings. The Balaban J connectivity index is 0.000000219. The van der Waals surface area contributed by atoms with Crippen molar-refractivity contribution in [3.63, 3.8) is 0 Å². The van der Waals surface area contributed by atoms with Gasteiger partial charge in [-0.2, -0.15) is 5.26 Å². The van der Waals surface area contributed by atoms with Crippen molar-refractivity contribution in [2.75, 3.05) is 6.61 Å². The quantitative estimate of drug-likeness (QED) is 0.108. The average molecular weight is 1040 g/mol. The Morgan fingerprint density at radius 1 is 0.689 bits per heavy atom.